The fourth-order valence-electron chi connectivity index (χ4n) is 3.97. The number of anilines is 1. The number of pyridine rings is 2. The maximum absolute atomic E-state index is 12.7. The van der Waals surface area contributed by atoms with Crippen LogP contribution in [0.4, 0.5) is 11.4 Å². The maximum Gasteiger partial charge on any atom is 0.359 e. The van der Waals surface area contributed by atoms with Gasteiger partial charge in [0.15, 0.2) is 0 Å². The lowest BCUT2D eigenvalue weighted by molar-refractivity contribution is -0.385. The molecule has 156 valence electrons. The van der Waals surface area contributed by atoms with E-state index in [1.807, 2.05) is 35.2 Å². The number of nitro groups is 1. The molecule has 2 aromatic heterocycles. The zero-order chi connectivity index (χ0) is 21.3. The van der Waals surface area contributed by atoms with Gasteiger partial charge in [0.05, 0.1) is 16.5 Å². The van der Waals surface area contributed by atoms with Gasteiger partial charge < -0.3 is 14.6 Å². The van der Waals surface area contributed by atoms with Crippen molar-refractivity contribution in [2.45, 2.75) is 6.10 Å². The van der Waals surface area contributed by atoms with E-state index < -0.39 is 22.3 Å². The molecule has 1 N–H and O–H groups in total. The van der Waals surface area contributed by atoms with Crippen LogP contribution in [0.25, 0.3) is 11.0 Å². The van der Waals surface area contributed by atoms with Crippen molar-refractivity contribution in [3.63, 3.8) is 0 Å². The van der Waals surface area contributed by atoms with Gasteiger partial charge in [-0.1, -0.05) is 30.3 Å². The second kappa shape index (κ2) is 8.21. The number of aryl methyl sites for hydroxylation is 1. The summed E-state index contributed by atoms with van der Waals surface area (Å²) in [5.41, 5.74) is 1.06. The summed E-state index contributed by atoms with van der Waals surface area (Å²) < 4.78 is 1.27. The van der Waals surface area contributed by atoms with Crippen molar-refractivity contribution in [1.82, 2.24) is 14.5 Å². The summed E-state index contributed by atoms with van der Waals surface area (Å²) in [4.78, 5) is 32.1. The lowest BCUT2D eigenvalue weighted by atomic mass is 10.1. The second-order valence-corrected chi connectivity index (χ2v) is 7.40. The number of aliphatic hydroxyl groups excluding tert-OH is 1. The highest BCUT2D eigenvalue weighted by Crippen LogP contribution is 2.32. The fourth-order valence-corrected chi connectivity index (χ4v) is 3.97. The molecule has 1 saturated heterocycles. The molecule has 1 aromatic carbocycles. The van der Waals surface area contributed by atoms with Crippen LogP contribution >= 0.6 is 0 Å². The third kappa shape index (κ3) is 3.64. The minimum Gasteiger partial charge on any atom is -0.387 e. The number of β-amino-alcohol motifs (C(OH)–C–C–N with tert-alkyl or cyclic N) is 1. The average Bonchev–Trinajstić information content (AvgIpc) is 2.77. The van der Waals surface area contributed by atoms with E-state index in [0.29, 0.717) is 43.8 Å². The lowest BCUT2D eigenvalue weighted by Crippen LogP contribution is -2.48. The SMILES string of the molecule is Cn1c(=O)c([N+](=O)[O-])c(N2CCN(CC(O)c3ccccc3)CC2)c2ncccc21. The zero-order valence-electron chi connectivity index (χ0n) is 16.6. The van der Waals surface area contributed by atoms with Crippen molar-refractivity contribution in [1.29, 1.82) is 0 Å². The van der Waals surface area contributed by atoms with Crippen LogP contribution in [0.3, 0.4) is 0 Å². The van der Waals surface area contributed by atoms with Gasteiger partial charge in [-0.2, -0.15) is 0 Å². The van der Waals surface area contributed by atoms with Gasteiger partial charge in [0.1, 0.15) is 11.2 Å². The molecule has 4 rings (SSSR count). The molecule has 0 amide bonds. The summed E-state index contributed by atoms with van der Waals surface area (Å²) >= 11 is 0. The van der Waals surface area contributed by atoms with E-state index in [1.165, 1.54) is 11.6 Å². The van der Waals surface area contributed by atoms with E-state index in [9.17, 15) is 20.0 Å². The van der Waals surface area contributed by atoms with Gasteiger partial charge >= 0.3 is 11.2 Å². The first-order valence-electron chi connectivity index (χ1n) is 9.80. The highest BCUT2D eigenvalue weighted by molar-refractivity contribution is 5.93. The Morgan fingerprint density at radius 1 is 1.13 bits per heavy atom. The van der Waals surface area contributed by atoms with Crippen LogP contribution in [0.5, 0.6) is 0 Å². The van der Waals surface area contributed by atoms with Crippen molar-refractivity contribution in [3.05, 3.63) is 74.7 Å². The molecule has 1 fully saturated rings. The van der Waals surface area contributed by atoms with Crippen LogP contribution in [-0.2, 0) is 7.05 Å². The van der Waals surface area contributed by atoms with Gasteiger partial charge in [-0.15, -0.1) is 0 Å². The van der Waals surface area contributed by atoms with E-state index in [1.54, 1.807) is 18.3 Å². The molecule has 1 atom stereocenters. The number of hydrogen-bond acceptors (Lipinski definition) is 7. The van der Waals surface area contributed by atoms with Crippen LogP contribution in [0.15, 0.2) is 53.5 Å². The van der Waals surface area contributed by atoms with Gasteiger partial charge in [0.25, 0.3) is 0 Å². The fraction of sp³-hybridized carbons (Fsp3) is 0.333. The van der Waals surface area contributed by atoms with Crippen molar-refractivity contribution in [3.8, 4) is 0 Å². The normalized spacial score (nSPS) is 16.0. The van der Waals surface area contributed by atoms with E-state index in [0.717, 1.165) is 5.56 Å². The quantitative estimate of drug-likeness (QED) is 0.505. The molecule has 3 heterocycles. The van der Waals surface area contributed by atoms with E-state index in [2.05, 4.69) is 9.88 Å². The summed E-state index contributed by atoms with van der Waals surface area (Å²) in [6.07, 6.45) is 0.977. The number of fused-ring (bicyclic) bond motifs is 1. The van der Waals surface area contributed by atoms with Crippen LogP contribution in [0.2, 0.25) is 0 Å². The van der Waals surface area contributed by atoms with Crippen LogP contribution in [0.1, 0.15) is 11.7 Å². The summed E-state index contributed by atoms with van der Waals surface area (Å²) in [5.74, 6) is 0. The van der Waals surface area contributed by atoms with Crippen molar-refractivity contribution >= 4 is 22.4 Å². The van der Waals surface area contributed by atoms with Crippen molar-refractivity contribution < 1.29 is 10.0 Å². The number of benzene rings is 1. The van der Waals surface area contributed by atoms with Crippen LogP contribution in [-0.4, -0.2) is 57.2 Å². The predicted molar refractivity (Wildman–Crippen MR) is 114 cm³/mol. The highest BCUT2D eigenvalue weighted by Gasteiger charge is 2.31. The lowest BCUT2D eigenvalue weighted by Gasteiger charge is -2.36. The first-order valence-corrected chi connectivity index (χ1v) is 9.80. The molecular weight excluding hydrogens is 386 g/mol. The maximum atomic E-state index is 12.7. The number of aliphatic hydroxyl groups is 1. The second-order valence-electron chi connectivity index (χ2n) is 7.40. The Balaban J connectivity index is 1.59. The standard InChI is InChI=1S/C21H23N5O4/c1-23-16-8-5-9-22-18(16)19(20(21(23)28)26(29)30)25-12-10-24(11-13-25)14-17(27)15-6-3-2-4-7-15/h2-9,17,27H,10-14H2,1H3. The Kier molecular flexibility index (Phi) is 5.47. The number of piperazine rings is 1. The molecule has 0 spiro atoms. The third-order valence-corrected chi connectivity index (χ3v) is 5.59. The molecule has 0 aliphatic carbocycles. The predicted octanol–water partition coefficient (Wildman–Crippen LogP) is 1.70. The summed E-state index contributed by atoms with van der Waals surface area (Å²) in [7, 11) is 1.52. The molecule has 9 nitrogen and oxygen atoms in total. The number of nitrogens with zero attached hydrogens (tertiary/aromatic N) is 5. The van der Waals surface area contributed by atoms with E-state index in [4.69, 9.17) is 0 Å². The average molecular weight is 409 g/mol. The third-order valence-electron chi connectivity index (χ3n) is 5.59. The number of rotatable bonds is 5. The minimum atomic E-state index is -0.641. The molecule has 30 heavy (non-hydrogen) atoms. The summed E-state index contributed by atoms with van der Waals surface area (Å²) in [5, 5.41) is 22.2. The molecule has 3 aromatic rings. The summed E-state index contributed by atoms with van der Waals surface area (Å²) in [6.45, 7) is 2.72. The number of aromatic nitrogens is 2. The largest absolute Gasteiger partial charge is 0.387 e. The first-order chi connectivity index (χ1) is 14.5. The molecule has 1 aliphatic heterocycles. The van der Waals surface area contributed by atoms with E-state index >= 15 is 0 Å². The molecule has 0 bridgehead atoms. The van der Waals surface area contributed by atoms with Crippen molar-refractivity contribution in [2.24, 2.45) is 7.05 Å². The first kappa shape index (κ1) is 20.0. The number of hydrogen-bond donors (Lipinski definition) is 1. The Morgan fingerprint density at radius 3 is 2.50 bits per heavy atom. The topological polar surface area (TPSA) is 105 Å². The molecule has 9 heteroatoms. The zero-order valence-corrected chi connectivity index (χ0v) is 16.6. The van der Waals surface area contributed by atoms with Gasteiger partial charge in [-0.05, 0) is 17.7 Å². The summed E-state index contributed by atoms with van der Waals surface area (Å²) in [6, 6.07) is 12.9. The Bertz CT molecular complexity index is 1120. The minimum absolute atomic E-state index is 0.280. The van der Waals surface area contributed by atoms with Crippen LogP contribution < -0.4 is 10.5 Å². The van der Waals surface area contributed by atoms with E-state index in [-0.39, 0.29) is 5.69 Å². The smallest absolute Gasteiger partial charge is 0.359 e. The highest BCUT2D eigenvalue weighted by atomic mass is 16.6. The van der Waals surface area contributed by atoms with Gasteiger partial charge in [0.2, 0.25) is 0 Å². The Morgan fingerprint density at radius 2 is 1.83 bits per heavy atom. The monoisotopic (exact) mass is 409 g/mol. The molecular formula is C21H23N5O4. The molecule has 1 unspecified atom stereocenters. The molecule has 0 saturated carbocycles. The molecule has 1 aliphatic rings. The molecule has 0 radical (unpaired) electrons. The van der Waals surface area contributed by atoms with Crippen molar-refractivity contribution in [2.75, 3.05) is 37.6 Å². The van der Waals surface area contributed by atoms with Gasteiger partial charge in [-0.3, -0.25) is 24.8 Å². The van der Waals surface area contributed by atoms with Crippen LogP contribution in [0, 0.1) is 10.1 Å². The van der Waals surface area contributed by atoms with Gasteiger partial charge in [-0.25, -0.2) is 0 Å². The van der Waals surface area contributed by atoms with Gasteiger partial charge in [0, 0.05) is 46.0 Å². The Hall–Kier alpha value is -3.30. The Labute approximate surface area is 172 Å².